The van der Waals surface area contributed by atoms with E-state index < -0.39 is 5.92 Å². The molecule has 0 saturated carbocycles. The van der Waals surface area contributed by atoms with E-state index >= 15 is 0 Å². The number of hydrogen-bond donors (Lipinski definition) is 1. The second kappa shape index (κ2) is 5.27. The largest absolute Gasteiger partial charge is 0.392 e. The molecule has 4 heteroatoms. The Morgan fingerprint density at radius 3 is 2.35 bits per heavy atom. The number of rotatable bonds is 3. The molecule has 0 aliphatic carbocycles. The third-order valence-electron chi connectivity index (χ3n) is 3.08. The number of benzene rings is 1. The molecule has 1 aliphatic heterocycles. The molecule has 3 nitrogen and oxygen atoms in total. The molecular formula is C13H16N2OS. The molecule has 0 spiro atoms. The van der Waals surface area contributed by atoms with Crippen LogP contribution in [0.3, 0.4) is 0 Å². The fourth-order valence-electron chi connectivity index (χ4n) is 2.19. The Kier molecular flexibility index (Phi) is 3.74. The van der Waals surface area contributed by atoms with Crippen LogP contribution >= 0.6 is 12.2 Å². The lowest BCUT2D eigenvalue weighted by molar-refractivity contribution is -0.130. The van der Waals surface area contributed by atoms with Crippen molar-refractivity contribution in [2.45, 2.75) is 18.8 Å². The van der Waals surface area contributed by atoms with Crippen molar-refractivity contribution in [3.63, 3.8) is 0 Å². The number of thiocarbonyl (C=S) groups is 1. The summed E-state index contributed by atoms with van der Waals surface area (Å²) in [7, 11) is 0. The predicted molar refractivity (Wildman–Crippen MR) is 71.8 cm³/mol. The molecule has 17 heavy (non-hydrogen) atoms. The van der Waals surface area contributed by atoms with Crippen molar-refractivity contribution in [3.8, 4) is 0 Å². The molecule has 90 valence electrons. The van der Waals surface area contributed by atoms with Gasteiger partial charge in [0.05, 0.1) is 4.99 Å². The zero-order valence-electron chi connectivity index (χ0n) is 9.63. The first-order chi connectivity index (χ1) is 8.20. The second-order valence-corrected chi connectivity index (χ2v) is 4.75. The number of likely N-dealkylation sites (tertiary alicyclic amines) is 1. The highest BCUT2D eigenvalue weighted by molar-refractivity contribution is 7.80. The van der Waals surface area contributed by atoms with Crippen LogP contribution in [-0.4, -0.2) is 28.9 Å². The van der Waals surface area contributed by atoms with Crippen LogP contribution in [0.25, 0.3) is 0 Å². The van der Waals surface area contributed by atoms with Gasteiger partial charge in [0.1, 0.15) is 5.92 Å². The summed E-state index contributed by atoms with van der Waals surface area (Å²) in [6.45, 7) is 1.65. The Morgan fingerprint density at radius 1 is 1.24 bits per heavy atom. The molecule has 1 fully saturated rings. The van der Waals surface area contributed by atoms with E-state index in [1.54, 1.807) is 0 Å². The van der Waals surface area contributed by atoms with Crippen LogP contribution < -0.4 is 5.73 Å². The Bertz CT molecular complexity index is 413. The highest BCUT2D eigenvalue weighted by Gasteiger charge is 2.29. The average Bonchev–Trinajstić information content (AvgIpc) is 2.83. The van der Waals surface area contributed by atoms with Crippen molar-refractivity contribution in [3.05, 3.63) is 35.9 Å². The van der Waals surface area contributed by atoms with E-state index in [0.717, 1.165) is 31.5 Å². The zero-order chi connectivity index (χ0) is 12.3. The summed E-state index contributed by atoms with van der Waals surface area (Å²) in [4.78, 5) is 14.5. The van der Waals surface area contributed by atoms with Gasteiger partial charge in [-0.1, -0.05) is 42.5 Å². The number of carbonyl (C=O) groups is 1. The summed E-state index contributed by atoms with van der Waals surface area (Å²) in [6.07, 6.45) is 2.15. The number of nitrogens with zero attached hydrogens (tertiary/aromatic N) is 1. The van der Waals surface area contributed by atoms with E-state index in [1.807, 2.05) is 35.2 Å². The summed E-state index contributed by atoms with van der Waals surface area (Å²) in [6, 6.07) is 9.52. The van der Waals surface area contributed by atoms with Crippen molar-refractivity contribution in [2.24, 2.45) is 5.73 Å². The van der Waals surface area contributed by atoms with Crippen LogP contribution in [0.15, 0.2) is 30.3 Å². The van der Waals surface area contributed by atoms with Crippen molar-refractivity contribution in [1.29, 1.82) is 0 Å². The summed E-state index contributed by atoms with van der Waals surface area (Å²) >= 11 is 5.04. The Labute approximate surface area is 107 Å². The summed E-state index contributed by atoms with van der Waals surface area (Å²) in [5.74, 6) is -0.425. The van der Waals surface area contributed by atoms with Crippen LogP contribution in [0.1, 0.15) is 24.3 Å². The minimum Gasteiger partial charge on any atom is -0.392 e. The van der Waals surface area contributed by atoms with Crippen molar-refractivity contribution < 1.29 is 4.79 Å². The van der Waals surface area contributed by atoms with Gasteiger partial charge in [-0.25, -0.2) is 0 Å². The molecule has 1 saturated heterocycles. The topological polar surface area (TPSA) is 46.3 Å². The maximum absolute atomic E-state index is 12.3. The van der Waals surface area contributed by atoms with E-state index in [2.05, 4.69) is 0 Å². The normalized spacial score (nSPS) is 16.8. The third kappa shape index (κ3) is 2.64. The van der Waals surface area contributed by atoms with Gasteiger partial charge in [-0.3, -0.25) is 4.79 Å². The van der Waals surface area contributed by atoms with E-state index in [-0.39, 0.29) is 10.9 Å². The van der Waals surface area contributed by atoms with Gasteiger partial charge in [0.25, 0.3) is 0 Å². The molecule has 0 aromatic heterocycles. The molecule has 1 unspecified atom stereocenters. The molecule has 2 rings (SSSR count). The summed E-state index contributed by atoms with van der Waals surface area (Å²) in [5.41, 5.74) is 6.61. The van der Waals surface area contributed by atoms with E-state index in [9.17, 15) is 4.79 Å². The van der Waals surface area contributed by atoms with Gasteiger partial charge in [-0.15, -0.1) is 0 Å². The van der Waals surface area contributed by atoms with E-state index in [4.69, 9.17) is 18.0 Å². The first-order valence-electron chi connectivity index (χ1n) is 5.83. The second-order valence-electron chi connectivity index (χ2n) is 4.28. The maximum Gasteiger partial charge on any atom is 0.236 e. The van der Waals surface area contributed by atoms with Gasteiger partial charge in [0.2, 0.25) is 5.91 Å². The summed E-state index contributed by atoms with van der Waals surface area (Å²) in [5, 5.41) is 0. The Balaban J connectivity index is 2.23. The molecule has 1 aliphatic rings. The average molecular weight is 248 g/mol. The number of hydrogen-bond acceptors (Lipinski definition) is 2. The summed E-state index contributed by atoms with van der Waals surface area (Å²) < 4.78 is 0. The lowest BCUT2D eigenvalue weighted by Gasteiger charge is -2.22. The van der Waals surface area contributed by atoms with Crippen molar-refractivity contribution in [2.75, 3.05) is 13.1 Å². The first kappa shape index (κ1) is 12.0. The molecular weight excluding hydrogens is 232 g/mol. The van der Waals surface area contributed by atoms with Gasteiger partial charge in [-0.2, -0.15) is 0 Å². The monoisotopic (exact) mass is 248 g/mol. The van der Waals surface area contributed by atoms with Crippen LogP contribution in [0.5, 0.6) is 0 Å². The van der Waals surface area contributed by atoms with E-state index in [1.165, 1.54) is 0 Å². The zero-order valence-corrected chi connectivity index (χ0v) is 10.5. The molecule has 1 atom stereocenters. The van der Waals surface area contributed by atoms with Gasteiger partial charge in [0.15, 0.2) is 0 Å². The lowest BCUT2D eigenvalue weighted by Crippen LogP contribution is -2.38. The minimum absolute atomic E-state index is 0.0428. The Hall–Kier alpha value is -1.42. The van der Waals surface area contributed by atoms with E-state index in [0.29, 0.717) is 0 Å². The number of nitrogens with two attached hydrogens (primary N) is 1. The van der Waals surface area contributed by atoms with Crippen LogP contribution in [-0.2, 0) is 4.79 Å². The number of carbonyl (C=O) groups excluding carboxylic acids is 1. The molecule has 0 radical (unpaired) electrons. The Morgan fingerprint density at radius 2 is 1.82 bits per heavy atom. The molecule has 2 N–H and O–H groups in total. The molecule has 1 aromatic carbocycles. The standard InChI is InChI=1S/C13H16N2OS/c14-12(17)11(10-6-2-1-3-7-10)13(16)15-8-4-5-9-15/h1-3,6-7,11H,4-5,8-9H2,(H2,14,17). The highest BCUT2D eigenvalue weighted by atomic mass is 32.1. The predicted octanol–water partition coefficient (Wildman–Crippen LogP) is 1.68. The SMILES string of the molecule is NC(=S)C(C(=O)N1CCCC1)c1ccccc1. The van der Waals surface area contributed by atoms with Gasteiger partial charge in [0, 0.05) is 13.1 Å². The fourth-order valence-corrected chi connectivity index (χ4v) is 2.43. The molecule has 1 amide bonds. The van der Waals surface area contributed by atoms with Crippen LogP contribution in [0.2, 0.25) is 0 Å². The smallest absolute Gasteiger partial charge is 0.236 e. The van der Waals surface area contributed by atoms with Gasteiger partial charge in [-0.05, 0) is 18.4 Å². The van der Waals surface area contributed by atoms with Gasteiger partial charge >= 0.3 is 0 Å². The van der Waals surface area contributed by atoms with Crippen LogP contribution in [0.4, 0.5) is 0 Å². The fraction of sp³-hybridized carbons (Fsp3) is 0.385. The highest BCUT2D eigenvalue weighted by Crippen LogP contribution is 2.21. The third-order valence-corrected chi connectivity index (χ3v) is 3.32. The number of amides is 1. The first-order valence-corrected chi connectivity index (χ1v) is 6.24. The van der Waals surface area contributed by atoms with Crippen LogP contribution in [0, 0.1) is 0 Å². The maximum atomic E-state index is 12.3. The lowest BCUT2D eigenvalue weighted by atomic mass is 9.98. The minimum atomic E-state index is -0.468. The van der Waals surface area contributed by atoms with Crippen molar-refractivity contribution >= 4 is 23.1 Å². The molecule has 1 aromatic rings. The molecule has 0 bridgehead atoms. The van der Waals surface area contributed by atoms with Crippen molar-refractivity contribution in [1.82, 2.24) is 4.90 Å². The quantitative estimate of drug-likeness (QED) is 0.828. The molecule has 1 heterocycles. The van der Waals surface area contributed by atoms with Gasteiger partial charge < -0.3 is 10.6 Å².